The molecule has 0 radical (unpaired) electrons. The summed E-state index contributed by atoms with van der Waals surface area (Å²) in [7, 11) is 0. The number of aromatic nitrogens is 1. The van der Waals surface area contributed by atoms with Crippen LogP contribution in [0.15, 0.2) is 6.07 Å². The third-order valence-corrected chi connectivity index (χ3v) is 6.59. The monoisotopic (exact) mass is 364 g/mol. The largest absolute Gasteiger partial charge is 0.598 e. The molecule has 138 valence electrons. The van der Waals surface area contributed by atoms with Gasteiger partial charge in [-0.15, -0.1) is 4.72 Å². The summed E-state index contributed by atoms with van der Waals surface area (Å²) in [5, 5.41) is 2.89. The number of nitrogens with zero attached hydrogens (tertiary/aromatic N) is 2. The van der Waals surface area contributed by atoms with E-state index in [4.69, 9.17) is 4.98 Å². The maximum absolute atomic E-state index is 12.5. The summed E-state index contributed by atoms with van der Waals surface area (Å²) in [4.78, 5) is 19.4. The second kappa shape index (κ2) is 6.78. The predicted molar refractivity (Wildman–Crippen MR) is 101 cm³/mol. The Balaban J connectivity index is 1.96. The molecule has 0 spiro atoms. The lowest BCUT2D eigenvalue weighted by molar-refractivity contribution is 0.0965. The number of nitrogens with one attached hydrogen (secondary N) is 2. The van der Waals surface area contributed by atoms with E-state index < -0.39 is 11.4 Å². The van der Waals surface area contributed by atoms with Crippen LogP contribution in [0.25, 0.3) is 0 Å². The molecule has 1 saturated heterocycles. The van der Waals surface area contributed by atoms with Gasteiger partial charge in [0.05, 0.1) is 11.7 Å². The van der Waals surface area contributed by atoms with Gasteiger partial charge in [-0.25, -0.2) is 4.98 Å². The van der Waals surface area contributed by atoms with Crippen molar-refractivity contribution in [3.05, 3.63) is 22.9 Å². The van der Waals surface area contributed by atoms with Gasteiger partial charge in [0, 0.05) is 41.6 Å². The minimum absolute atomic E-state index is 0.0455. The highest BCUT2D eigenvalue weighted by Gasteiger charge is 2.33. The first-order valence-electron chi connectivity index (χ1n) is 8.95. The number of carbonyl (C=O) groups is 1. The molecule has 25 heavy (non-hydrogen) atoms. The quantitative estimate of drug-likeness (QED) is 0.802. The topological polar surface area (TPSA) is 80.3 Å². The number of fused-ring (bicyclic) bond motifs is 1. The van der Waals surface area contributed by atoms with E-state index in [1.54, 1.807) is 0 Å². The van der Waals surface area contributed by atoms with Crippen LogP contribution in [0.5, 0.6) is 0 Å². The summed E-state index contributed by atoms with van der Waals surface area (Å²) in [6.07, 6.45) is 2.28. The summed E-state index contributed by atoms with van der Waals surface area (Å²) < 4.78 is 15.3. The SMILES string of the molecule is CC(N[S@+]([O-])C(C)(C)C)c1nc(N2CCC[C@H]2C)cc2c1CNC2=O. The predicted octanol–water partition coefficient (Wildman–Crippen LogP) is 2.43. The van der Waals surface area contributed by atoms with Gasteiger partial charge < -0.3 is 14.8 Å². The van der Waals surface area contributed by atoms with Crippen LogP contribution in [0.3, 0.4) is 0 Å². The van der Waals surface area contributed by atoms with E-state index in [-0.39, 0.29) is 16.7 Å². The third-order valence-electron chi connectivity index (χ3n) is 4.91. The van der Waals surface area contributed by atoms with E-state index in [0.717, 1.165) is 36.5 Å². The van der Waals surface area contributed by atoms with Crippen LogP contribution >= 0.6 is 0 Å². The lowest BCUT2D eigenvalue weighted by Crippen LogP contribution is -2.41. The Morgan fingerprint density at radius 2 is 2.20 bits per heavy atom. The van der Waals surface area contributed by atoms with E-state index >= 15 is 0 Å². The van der Waals surface area contributed by atoms with Gasteiger partial charge >= 0.3 is 0 Å². The van der Waals surface area contributed by atoms with Crippen LogP contribution in [0, 0.1) is 0 Å². The highest BCUT2D eigenvalue weighted by Crippen LogP contribution is 2.31. The molecule has 7 heteroatoms. The van der Waals surface area contributed by atoms with Crippen LogP contribution in [-0.4, -0.2) is 32.8 Å². The molecule has 1 unspecified atom stereocenters. The number of amides is 1. The fourth-order valence-electron chi connectivity index (χ4n) is 3.40. The summed E-state index contributed by atoms with van der Waals surface area (Å²) >= 11 is -1.20. The summed E-state index contributed by atoms with van der Waals surface area (Å²) in [6, 6.07) is 2.14. The van der Waals surface area contributed by atoms with Crippen molar-refractivity contribution in [3.8, 4) is 0 Å². The smallest absolute Gasteiger partial charge is 0.252 e. The average molecular weight is 365 g/mol. The highest BCUT2D eigenvalue weighted by molar-refractivity contribution is 7.90. The molecular weight excluding hydrogens is 336 g/mol. The van der Waals surface area contributed by atoms with Crippen molar-refractivity contribution in [1.82, 2.24) is 15.0 Å². The van der Waals surface area contributed by atoms with Crippen LogP contribution in [-0.2, 0) is 17.9 Å². The maximum Gasteiger partial charge on any atom is 0.252 e. The van der Waals surface area contributed by atoms with Crippen LogP contribution in [0.1, 0.15) is 75.1 Å². The lowest BCUT2D eigenvalue weighted by Gasteiger charge is -2.28. The molecule has 3 atom stereocenters. The molecule has 3 rings (SSSR count). The van der Waals surface area contributed by atoms with Crippen molar-refractivity contribution >= 4 is 23.1 Å². The Kier molecular flexibility index (Phi) is 5.01. The standard InChI is InChI=1S/C18H28N4O2S/c1-11-7-6-8-22(11)15-9-13-14(10-19-17(13)23)16(20-15)12(2)21-25(24)18(3,4)5/h9,11-12,21H,6-8,10H2,1-5H3,(H,19,23)/t11-,12?,25-/m1/s1. The molecule has 0 saturated carbocycles. The normalized spacial score (nSPS) is 22.7. The third kappa shape index (κ3) is 3.64. The van der Waals surface area contributed by atoms with Crippen molar-refractivity contribution in [2.45, 2.75) is 70.8 Å². The van der Waals surface area contributed by atoms with E-state index in [0.29, 0.717) is 18.2 Å². The summed E-state index contributed by atoms with van der Waals surface area (Å²) in [5.41, 5.74) is 2.45. The fourth-order valence-corrected chi connectivity index (χ4v) is 4.19. The van der Waals surface area contributed by atoms with Crippen molar-refractivity contribution in [3.63, 3.8) is 0 Å². The molecule has 6 nitrogen and oxygen atoms in total. The molecule has 2 aliphatic heterocycles. The number of hydrogen-bond acceptors (Lipinski definition) is 5. The average Bonchev–Trinajstić information content (AvgIpc) is 3.12. The number of rotatable bonds is 4. The van der Waals surface area contributed by atoms with Gasteiger partial charge in [0.15, 0.2) is 0 Å². The molecule has 3 heterocycles. The number of carbonyl (C=O) groups excluding carboxylic acids is 1. The van der Waals surface area contributed by atoms with Crippen molar-refractivity contribution in [2.75, 3.05) is 11.4 Å². The zero-order valence-corrected chi connectivity index (χ0v) is 16.5. The summed E-state index contributed by atoms with van der Waals surface area (Å²) in [5.74, 6) is 0.807. The van der Waals surface area contributed by atoms with E-state index in [2.05, 4.69) is 21.9 Å². The molecular formula is C18H28N4O2S. The molecule has 1 aromatic rings. The van der Waals surface area contributed by atoms with E-state index in [1.807, 2.05) is 33.8 Å². The highest BCUT2D eigenvalue weighted by atomic mass is 32.2. The van der Waals surface area contributed by atoms with Gasteiger partial charge in [-0.2, -0.15) is 0 Å². The molecule has 1 amide bonds. The van der Waals surface area contributed by atoms with Crippen LogP contribution in [0.2, 0.25) is 0 Å². The Hall–Kier alpha value is -1.31. The van der Waals surface area contributed by atoms with Gasteiger partial charge in [-0.05, 0) is 53.5 Å². The van der Waals surface area contributed by atoms with Gasteiger partial charge in [0.1, 0.15) is 10.6 Å². The minimum Gasteiger partial charge on any atom is -0.598 e. The first-order chi connectivity index (χ1) is 11.7. The Morgan fingerprint density at radius 3 is 2.80 bits per heavy atom. The van der Waals surface area contributed by atoms with Crippen LogP contribution in [0.4, 0.5) is 5.82 Å². The second-order valence-corrected chi connectivity index (χ2v) is 9.98. The Morgan fingerprint density at radius 1 is 1.48 bits per heavy atom. The summed E-state index contributed by atoms with van der Waals surface area (Å²) in [6.45, 7) is 11.4. The van der Waals surface area contributed by atoms with Crippen molar-refractivity contribution in [1.29, 1.82) is 0 Å². The lowest BCUT2D eigenvalue weighted by atomic mass is 10.0. The number of anilines is 1. The number of pyridine rings is 1. The Bertz CT molecular complexity index is 674. The van der Waals surface area contributed by atoms with Crippen molar-refractivity contribution < 1.29 is 9.35 Å². The molecule has 2 aliphatic rings. The second-order valence-electron chi connectivity index (χ2n) is 7.98. The number of hydrogen-bond donors (Lipinski definition) is 2. The van der Waals surface area contributed by atoms with E-state index in [9.17, 15) is 9.35 Å². The maximum atomic E-state index is 12.5. The molecule has 2 N–H and O–H groups in total. The van der Waals surface area contributed by atoms with Crippen molar-refractivity contribution in [2.24, 2.45) is 0 Å². The minimum atomic E-state index is -1.20. The molecule has 0 aliphatic carbocycles. The van der Waals surface area contributed by atoms with Gasteiger partial charge in [-0.3, -0.25) is 4.79 Å². The first-order valence-corrected chi connectivity index (χ1v) is 10.1. The van der Waals surface area contributed by atoms with E-state index in [1.165, 1.54) is 0 Å². The Labute approximate surface area is 153 Å². The fraction of sp³-hybridized carbons (Fsp3) is 0.667. The molecule has 0 bridgehead atoms. The molecule has 1 fully saturated rings. The van der Waals surface area contributed by atoms with Gasteiger partial charge in [0.2, 0.25) is 0 Å². The molecule has 0 aromatic carbocycles. The zero-order valence-electron chi connectivity index (χ0n) is 15.7. The zero-order chi connectivity index (χ0) is 18.4. The van der Waals surface area contributed by atoms with Gasteiger partial charge in [0.25, 0.3) is 5.91 Å². The first kappa shape index (κ1) is 18.5. The van der Waals surface area contributed by atoms with Gasteiger partial charge in [-0.1, -0.05) is 0 Å². The molecule has 1 aromatic heterocycles. The van der Waals surface area contributed by atoms with Crippen LogP contribution < -0.4 is 14.9 Å².